The second kappa shape index (κ2) is 5.70. The van der Waals surface area contributed by atoms with Crippen LogP contribution in [0, 0.1) is 0 Å². The van der Waals surface area contributed by atoms with Gasteiger partial charge in [0.25, 0.3) is 0 Å². The number of nitrogens with zero attached hydrogens (tertiary/aromatic N) is 1. The van der Waals surface area contributed by atoms with Crippen molar-refractivity contribution in [3.63, 3.8) is 0 Å². The molecule has 2 heteroatoms. The van der Waals surface area contributed by atoms with E-state index in [1.54, 1.807) is 0 Å². The van der Waals surface area contributed by atoms with Crippen molar-refractivity contribution in [2.24, 2.45) is 4.99 Å². The third-order valence-corrected chi connectivity index (χ3v) is 0.382. The molecule has 0 radical (unpaired) electrons. The summed E-state index contributed by atoms with van der Waals surface area (Å²) in [4.78, 5) is 3.59. The predicted octanol–water partition coefficient (Wildman–Crippen LogP) is 1.68. The molecule has 0 aliphatic rings. The molecule has 0 aromatic rings. The predicted molar refractivity (Wildman–Crippen MR) is 36.5 cm³/mol. The van der Waals surface area contributed by atoms with Crippen molar-refractivity contribution < 1.29 is 0 Å². The maximum Gasteiger partial charge on any atom is 0.0587 e. The van der Waals surface area contributed by atoms with Crippen molar-refractivity contribution in [1.82, 2.24) is 0 Å². The molecule has 1 nitrogen and oxygen atoms in total. The number of halogens is 1. The first-order valence-electron chi connectivity index (χ1n) is 1.84. The molecular formula is C5H10ClN. The average Bonchev–Trinajstić information content (AvgIpc) is 1.35. The zero-order valence-electron chi connectivity index (χ0n) is 4.48. The van der Waals surface area contributed by atoms with Gasteiger partial charge in [-0.3, -0.25) is 4.99 Å². The van der Waals surface area contributed by atoms with Gasteiger partial charge in [-0.1, -0.05) is 12.2 Å². The molecule has 0 unspecified atom stereocenters. The summed E-state index contributed by atoms with van der Waals surface area (Å²) in [5, 5.41) is 0. The van der Waals surface area contributed by atoms with Crippen LogP contribution in [-0.2, 0) is 0 Å². The first-order valence-corrected chi connectivity index (χ1v) is 1.84. The maximum atomic E-state index is 3.61. The summed E-state index contributed by atoms with van der Waals surface area (Å²) in [6.45, 7) is 9.52. The Bertz CT molecular complexity index is 68.5. The minimum absolute atomic E-state index is 0. The molecule has 0 saturated carbocycles. The fraction of sp³-hybridized carbons (Fsp3) is 0.400. The molecule has 0 spiro atoms. The summed E-state index contributed by atoms with van der Waals surface area (Å²) in [5.74, 6) is 0. The fourth-order valence-electron chi connectivity index (χ4n) is 0.191. The molecule has 0 aromatic carbocycles. The summed E-state index contributed by atoms with van der Waals surface area (Å²) in [5.41, 5.74) is 1.06. The van der Waals surface area contributed by atoms with Crippen molar-refractivity contribution in [1.29, 1.82) is 0 Å². The molecule has 0 aliphatic carbocycles. The number of aliphatic imine (C=N–C) groups is 1. The molecule has 0 fully saturated rings. The van der Waals surface area contributed by atoms with Crippen LogP contribution in [0.1, 0.15) is 6.92 Å². The van der Waals surface area contributed by atoms with Crippen LogP contribution in [0.15, 0.2) is 17.1 Å². The molecule has 7 heavy (non-hydrogen) atoms. The van der Waals surface area contributed by atoms with Crippen molar-refractivity contribution in [2.75, 3.05) is 6.54 Å². The van der Waals surface area contributed by atoms with Gasteiger partial charge >= 0.3 is 0 Å². The van der Waals surface area contributed by atoms with Crippen LogP contribution in [0.4, 0.5) is 0 Å². The Hall–Kier alpha value is -0.300. The topological polar surface area (TPSA) is 12.4 Å². The summed E-state index contributed by atoms with van der Waals surface area (Å²) >= 11 is 0. The lowest BCUT2D eigenvalue weighted by molar-refractivity contribution is 1.16. The molecule has 0 saturated heterocycles. The highest BCUT2D eigenvalue weighted by molar-refractivity contribution is 5.85. The second-order valence-electron chi connectivity index (χ2n) is 1.34. The van der Waals surface area contributed by atoms with Gasteiger partial charge < -0.3 is 0 Å². The van der Waals surface area contributed by atoms with E-state index in [1.165, 1.54) is 0 Å². The molecule has 0 heterocycles. The Labute approximate surface area is 50.6 Å². The molecule has 0 N–H and O–H groups in total. The largest absolute Gasteiger partial charge is 0.297 e. The quantitative estimate of drug-likeness (QED) is 0.388. The Morgan fingerprint density at radius 3 is 2.14 bits per heavy atom. The lowest BCUT2D eigenvalue weighted by atomic mass is 10.4. The van der Waals surface area contributed by atoms with Gasteiger partial charge in [0.2, 0.25) is 0 Å². The van der Waals surface area contributed by atoms with E-state index in [0.29, 0.717) is 6.54 Å². The Balaban J connectivity index is 0. The number of hydrogen-bond donors (Lipinski definition) is 0. The maximum absolute atomic E-state index is 3.61. The van der Waals surface area contributed by atoms with Crippen LogP contribution in [-0.4, -0.2) is 13.3 Å². The monoisotopic (exact) mass is 119 g/mol. The molecule has 0 aliphatic heterocycles. The van der Waals surface area contributed by atoms with E-state index in [-0.39, 0.29) is 12.4 Å². The van der Waals surface area contributed by atoms with E-state index in [4.69, 9.17) is 0 Å². The lowest BCUT2D eigenvalue weighted by Gasteiger charge is -1.83. The van der Waals surface area contributed by atoms with Crippen molar-refractivity contribution in [3.8, 4) is 0 Å². The third-order valence-electron chi connectivity index (χ3n) is 0.382. The second-order valence-corrected chi connectivity index (χ2v) is 1.34. The van der Waals surface area contributed by atoms with Gasteiger partial charge in [-0.25, -0.2) is 0 Å². The molecule has 0 rings (SSSR count). The van der Waals surface area contributed by atoms with Gasteiger partial charge in [-0.15, -0.1) is 12.4 Å². The van der Waals surface area contributed by atoms with E-state index in [9.17, 15) is 0 Å². The minimum atomic E-state index is 0. The van der Waals surface area contributed by atoms with Crippen LogP contribution in [0.5, 0.6) is 0 Å². The zero-order chi connectivity index (χ0) is 4.99. The van der Waals surface area contributed by atoms with Crippen molar-refractivity contribution in [2.45, 2.75) is 6.92 Å². The molecule has 42 valence electrons. The average molecular weight is 120 g/mol. The van der Waals surface area contributed by atoms with Crippen molar-refractivity contribution >= 4 is 19.1 Å². The first kappa shape index (κ1) is 9.85. The summed E-state index contributed by atoms with van der Waals surface area (Å²) < 4.78 is 0. The molecule has 0 atom stereocenters. The Kier molecular flexibility index (Phi) is 8.02. The van der Waals surface area contributed by atoms with Gasteiger partial charge in [0.1, 0.15) is 0 Å². The third kappa shape index (κ3) is 10.7. The SMILES string of the molecule is C=NCC(=C)C.Cl. The van der Waals surface area contributed by atoms with Gasteiger partial charge in [-0.05, 0) is 13.6 Å². The van der Waals surface area contributed by atoms with E-state index < -0.39 is 0 Å². The number of hydrogen-bond acceptors (Lipinski definition) is 1. The number of rotatable bonds is 2. The van der Waals surface area contributed by atoms with Crippen molar-refractivity contribution in [3.05, 3.63) is 12.2 Å². The minimum Gasteiger partial charge on any atom is -0.297 e. The summed E-state index contributed by atoms with van der Waals surface area (Å²) in [7, 11) is 0. The zero-order valence-corrected chi connectivity index (χ0v) is 5.29. The molecular weight excluding hydrogens is 110 g/mol. The van der Waals surface area contributed by atoms with E-state index in [2.05, 4.69) is 18.3 Å². The molecule has 0 bridgehead atoms. The van der Waals surface area contributed by atoms with Gasteiger partial charge in [0.15, 0.2) is 0 Å². The summed E-state index contributed by atoms with van der Waals surface area (Å²) in [6.07, 6.45) is 0. The highest BCUT2D eigenvalue weighted by Crippen LogP contribution is 1.82. The molecule has 0 aromatic heterocycles. The highest BCUT2D eigenvalue weighted by Gasteiger charge is 1.72. The first-order chi connectivity index (χ1) is 2.77. The van der Waals surface area contributed by atoms with E-state index in [0.717, 1.165) is 5.57 Å². The standard InChI is InChI=1S/C5H9N.ClH/c1-5(2)4-6-3;/h1,3-4H2,2H3;1H. The summed E-state index contributed by atoms with van der Waals surface area (Å²) in [6, 6.07) is 0. The van der Waals surface area contributed by atoms with E-state index >= 15 is 0 Å². The van der Waals surface area contributed by atoms with Gasteiger partial charge in [-0.2, -0.15) is 0 Å². The fourth-order valence-corrected chi connectivity index (χ4v) is 0.191. The highest BCUT2D eigenvalue weighted by atomic mass is 35.5. The Morgan fingerprint density at radius 2 is 2.14 bits per heavy atom. The van der Waals surface area contributed by atoms with Gasteiger partial charge in [0, 0.05) is 0 Å². The van der Waals surface area contributed by atoms with Crippen LogP contribution in [0.2, 0.25) is 0 Å². The van der Waals surface area contributed by atoms with E-state index in [1.807, 2.05) is 6.92 Å². The smallest absolute Gasteiger partial charge is 0.0587 e. The van der Waals surface area contributed by atoms with Crippen LogP contribution < -0.4 is 0 Å². The Morgan fingerprint density at radius 1 is 1.71 bits per heavy atom. The normalized spacial score (nSPS) is 6.43. The molecule has 0 amide bonds. The lowest BCUT2D eigenvalue weighted by Crippen LogP contribution is -1.74. The van der Waals surface area contributed by atoms with Crippen LogP contribution in [0.3, 0.4) is 0 Å². The van der Waals surface area contributed by atoms with Crippen LogP contribution >= 0.6 is 12.4 Å². The van der Waals surface area contributed by atoms with Crippen LogP contribution in [0.25, 0.3) is 0 Å². The van der Waals surface area contributed by atoms with Gasteiger partial charge in [0.05, 0.1) is 6.54 Å².